The molecule has 0 bridgehead atoms. The summed E-state index contributed by atoms with van der Waals surface area (Å²) in [5.41, 5.74) is 2.09. The van der Waals surface area contributed by atoms with E-state index in [2.05, 4.69) is 17.2 Å². The van der Waals surface area contributed by atoms with Gasteiger partial charge in [0.2, 0.25) is 0 Å². The number of esters is 1. The molecule has 4 nitrogen and oxygen atoms in total. The van der Waals surface area contributed by atoms with Gasteiger partial charge in [0.25, 0.3) is 0 Å². The number of hydrogen-bond acceptors (Lipinski definition) is 5. The average Bonchev–Trinajstić information content (AvgIpc) is 2.72. The Labute approximate surface area is 92.7 Å². The summed E-state index contributed by atoms with van der Waals surface area (Å²) < 4.78 is 4.92. The molecule has 0 amide bonds. The molecule has 2 atom stereocenters. The van der Waals surface area contributed by atoms with Gasteiger partial charge in [-0.2, -0.15) is 0 Å². The van der Waals surface area contributed by atoms with Crippen LogP contribution in [0.3, 0.4) is 0 Å². The maximum Gasteiger partial charge on any atom is 0.360 e. The molecule has 1 aliphatic rings. The van der Waals surface area contributed by atoms with Crippen LogP contribution in [-0.2, 0) is 4.74 Å². The smallest absolute Gasteiger partial charge is 0.360 e. The summed E-state index contributed by atoms with van der Waals surface area (Å²) in [6, 6.07) is 0.499. The third-order valence-corrected chi connectivity index (χ3v) is 3.22. The fourth-order valence-corrected chi connectivity index (χ4v) is 2.12. The van der Waals surface area contributed by atoms with Gasteiger partial charge in [0.1, 0.15) is 5.00 Å². The number of rotatable bonds is 4. The molecule has 0 spiro atoms. The highest BCUT2D eigenvalue weighted by molar-refractivity contribution is 7.14. The number of carbonyl (C=O) groups excluding carboxylic acids is 1. The highest BCUT2D eigenvalue weighted by Gasteiger charge is 2.34. The zero-order chi connectivity index (χ0) is 10.8. The van der Waals surface area contributed by atoms with Crippen molar-refractivity contribution in [2.45, 2.75) is 26.3 Å². The molecule has 2 unspecified atom stereocenters. The van der Waals surface area contributed by atoms with Crippen LogP contribution in [0.15, 0.2) is 5.51 Å². The molecule has 82 valence electrons. The lowest BCUT2D eigenvalue weighted by molar-refractivity contribution is 0.0521. The molecule has 0 aromatic carbocycles. The minimum absolute atomic E-state index is 0.338. The van der Waals surface area contributed by atoms with Gasteiger partial charge in [0.15, 0.2) is 5.69 Å². The highest BCUT2D eigenvalue weighted by Crippen LogP contribution is 2.35. The lowest BCUT2D eigenvalue weighted by atomic mass is 10.4. The summed E-state index contributed by atoms with van der Waals surface area (Å²) in [4.78, 5) is 15.5. The van der Waals surface area contributed by atoms with E-state index in [0.29, 0.717) is 24.3 Å². The summed E-state index contributed by atoms with van der Waals surface area (Å²) in [6.45, 7) is 4.36. The van der Waals surface area contributed by atoms with Crippen LogP contribution in [-0.4, -0.2) is 23.6 Å². The normalized spacial score (nSPS) is 23.6. The van der Waals surface area contributed by atoms with Crippen molar-refractivity contribution in [1.82, 2.24) is 4.98 Å². The summed E-state index contributed by atoms with van der Waals surface area (Å²) in [5, 5.41) is 4.14. The summed E-state index contributed by atoms with van der Waals surface area (Å²) in [7, 11) is 0. The average molecular weight is 226 g/mol. The Kier molecular flexibility index (Phi) is 2.90. The maximum atomic E-state index is 11.5. The van der Waals surface area contributed by atoms with Gasteiger partial charge in [0.05, 0.1) is 12.1 Å². The lowest BCUT2D eigenvalue weighted by Gasteiger charge is -2.04. The molecular formula is C10H14N2O2S. The first-order chi connectivity index (χ1) is 7.22. The highest BCUT2D eigenvalue weighted by atomic mass is 32.1. The van der Waals surface area contributed by atoms with Gasteiger partial charge >= 0.3 is 5.97 Å². The molecule has 0 aliphatic heterocycles. The number of carbonyl (C=O) groups is 1. The number of thiazole rings is 1. The number of anilines is 1. The van der Waals surface area contributed by atoms with E-state index in [4.69, 9.17) is 4.74 Å². The second-order valence-corrected chi connectivity index (χ2v) is 4.57. The van der Waals surface area contributed by atoms with Crippen molar-refractivity contribution in [3.8, 4) is 0 Å². The number of ether oxygens (including phenoxy) is 1. The molecule has 2 rings (SSSR count). The van der Waals surface area contributed by atoms with E-state index in [1.54, 1.807) is 12.4 Å². The van der Waals surface area contributed by atoms with Gasteiger partial charge in [-0.25, -0.2) is 9.78 Å². The van der Waals surface area contributed by atoms with Crippen LogP contribution in [0, 0.1) is 5.92 Å². The zero-order valence-corrected chi connectivity index (χ0v) is 9.63. The van der Waals surface area contributed by atoms with Crippen LogP contribution in [0.4, 0.5) is 5.00 Å². The summed E-state index contributed by atoms with van der Waals surface area (Å²) in [6.07, 6.45) is 1.17. The zero-order valence-electron chi connectivity index (χ0n) is 8.82. The van der Waals surface area contributed by atoms with Crippen LogP contribution in [0.1, 0.15) is 30.8 Å². The Morgan fingerprint density at radius 1 is 1.80 bits per heavy atom. The molecule has 1 fully saturated rings. The first-order valence-corrected chi connectivity index (χ1v) is 5.97. The Balaban J connectivity index is 2.04. The van der Waals surface area contributed by atoms with E-state index in [0.717, 1.165) is 5.00 Å². The van der Waals surface area contributed by atoms with E-state index in [1.807, 2.05) is 0 Å². The topological polar surface area (TPSA) is 51.2 Å². The van der Waals surface area contributed by atoms with Crippen LogP contribution in [0.2, 0.25) is 0 Å². The van der Waals surface area contributed by atoms with Gasteiger partial charge < -0.3 is 10.1 Å². The van der Waals surface area contributed by atoms with Crippen molar-refractivity contribution in [1.29, 1.82) is 0 Å². The Morgan fingerprint density at radius 3 is 3.13 bits per heavy atom. The second-order valence-electron chi connectivity index (χ2n) is 3.71. The molecule has 1 heterocycles. The third kappa shape index (κ3) is 2.28. The monoisotopic (exact) mass is 226 g/mol. The van der Waals surface area contributed by atoms with Crippen LogP contribution in [0.5, 0.6) is 0 Å². The molecule has 1 N–H and O–H groups in total. The van der Waals surface area contributed by atoms with Crippen molar-refractivity contribution in [3.05, 3.63) is 11.2 Å². The van der Waals surface area contributed by atoms with Gasteiger partial charge in [0, 0.05) is 6.04 Å². The Morgan fingerprint density at radius 2 is 2.53 bits per heavy atom. The van der Waals surface area contributed by atoms with Crippen molar-refractivity contribution in [2.75, 3.05) is 11.9 Å². The van der Waals surface area contributed by atoms with E-state index >= 15 is 0 Å². The van der Waals surface area contributed by atoms with Gasteiger partial charge in [-0.3, -0.25) is 0 Å². The lowest BCUT2D eigenvalue weighted by Crippen LogP contribution is -2.10. The first kappa shape index (κ1) is 10.4. The van der Waals surface area contributed by atoms with Crippen molar-refractivity contribution in [2.24, 2.45) is 5.92 Å². The number of hydrogen-bond donors (Lipinski definition) is 1. The molecule has 15 heavy (non-hydrogen) atoms. The molecule has 1 saturated carbocycles. The summed E-state index contributed by atoms with van der Waals surface area (Å²) in [5.74, 6) is 0.358. The number of nitrogens with zero attached hydrogens (tertiary/aromatic N) is 1. The van der Waals surface area contributed by atoms with E-state index < -0.39 is 0 Å². The minimum Gasteiger partial charge on any atom is -0.461 e. The van der Waals surface area contributed by atoms with E-state index in [9.17, 15) is 4.79 Å². The van der Waals surface area contributed by atoms with Crippen molar-refractivity contribution < 1.29 is 9.53 Å². The van der Waals surface area contributed by atoms with Crippen LogP contribution < -0.4 is 5.32 Å². The first-order valence-electron chi connectivity index (χ1n) is 5.09. The fraction of sp³-hybridized carbons (Fsp3) is 0.600. The van der Waals surface area contributed by atoms with Gasteiger partial charge in [-0.05, 0) is 19.3 Å². The molecular weight excluding hydrogens is 212 g/mol. The van der Waals surface area contributed by atoms with Gasteiger partial charge in [-0.1, -0.05) is 6.92 Å². The number of aromatic nitrogens is 1. The molecule has 1 aliphatic carbocycles. The third-order valence-electron chi connectivity index (χ3n) is 2.46. The quantitative estimate of drug-likeness (QED) is 0.799. The van der Waals surface area contributed by atoms with Crippen LogP contribution >= 0.6 is 11.3 Å². The van der Waals surface area contributed by atoms with Gasteiger partial charge in [-0.15, -0.1) is 11.3 Å². The Hall–Kier alpha value is -1.10. The van der Waals surface area contributed by atoms with E-state index in [-0.39, 0.29) is 5.97 Å². The molecule has 1 aromatic rings. The molecule has 5 heteroatoms. The number of nitrogens with one attached hydrogen (secondary N) is 1. The minimum atomic E-state index is -0.338. The SMILES string of the molecule is CCOC(=O)c1ncsc1NC1CC1C. The Bertz CT molecular complexity index is 364. The standard InChI is InChI=1S/C10H14N2O2S/c1-3-14-10(13)8-9(15-5-11-8)12-7-4-6(7)2/h5-7,12H,3-4H2,1-2H3. The second kappa shape index (κ2) is 4.18. The van der Waals surface area contributed by atoms with Crippen molar-refractivity contribution >= 4 is 22.3 Å². The predicted molar refractivity (Wildman–Crippen MR) is 59.3 cm³/mol. The molecule has 0 radical (unpaired) electrons. The van der Waals surface area contributed by atoms with E-state index in [1.165, 1.54) is 17.8 Å². The molecule has 1 aromatic heterocycles. The fourth-order valence-electron chi connectivity index (χ4n) is 1.38. The van der Waals surface area contributed by atoms with Crippen LogP contribution in [0.25, 0.3) is 0 Å². The maximum absolute atomic E-state index is 11.5. The summed E-state index contributed by atoms with van der Waals surface area (Å²) >= 11 is 1.45. The van der Waals surface area contributed by atoms with Crippen molar-refractivity contribution in [3.63, 3.8) is 0 Å². The molecule has 0 saturated heterocycles. The predicted octanol–water partition coefficient (Wildman–Crippen LogP) is 2.14. The largest absolute Gasteiger partial charge is 0.461 e.